The lowest BCUT2D eigenvalue weighted by Gasteiger charge is -2.19. The van der Waals surface area contributed by atoms with Gasteiger partial charge in [-0.15, -0.1) is 0 Å². The highest BCUT2D eigenvalue weighted by Crippen LogP contribution is 2.12. The van der Waals surface area contributed by atoms with E-state index in [1.54, 1.807) is 38.1 Å². The van der Waals surface area contributed by atoms with Crippen LogP contribution in [0.5, 0.6) is 0 Å². The van der Waals surface area contributed by atoms with Gasteiger partial charge in [0.25, 0.3) is 0 Å². The first-order valence-corrected chi connectivity index (χ1v) is 7.63. The fourth-order valence-corrected chi connectivity index (χ4v) is 3.10. The quantitative estimate of drug-likeness (QED) is 0.814. The zero-order valence-corrected chi connectivity index (χ0v) is 11.8. The van der Waals surface area contributed by atoms with Gasteiger partial charge < -0.3 is 5.11 Å². The highest BCUT2D eigenvalue weighted by molar-refractivity contribution is 7.88. The molecule has 0 spiro atoms. The van der Waals surface area contributed by atoms with E-state index in [0.717, 1.165) is 0 Å². The normalized spacial score (nSPS) is 14.6. The monoisotopic (exact) mass is 282 g/mol. The second-order valence-electron chi connectivity index (χ2n) is 4.59. The van der Waals surface area contributed by atoms with E-state index in [4.69, 9.17) is 10.4 Å². The lowest BCUT2D eigenvalue weighted by Crippen LogP contribution is -2.39. The summed E-state index contributed by atoms with van der Waals surface area (Å²) < 4.78 is 26.5. The number of sulfonamides is 1. The average molecular weight is 282 g/mol. The summed E-state index contributed by atoms with van der Waals surface area (Å²) in [6.45, 7) is 3.38. The van der Waals surface area contributed by atoms with Crippen LogP contribution in [-0.4, -0.2) is 26.2 Å². The SMILES string of the molecule is CC(CO)C(C)NS(=O)(=O)Cc1ccccc1C#N. The molecule has 0 radical (unpaired) electrons. The molecule has 0 heterocycles. The van der Waals surface area contributed by atoms with Crippen LogP contribution in [0.4, 0.5) is 0 Å². The molecule has 0 aromatic heterocycles. The molecule has 5 nitrogen and oxygen atoms in total. The second kappa shape index (κ2) is 6.66. The predicted molar refractivity (Wildman–Crippen MR) is 72.6 cm³/mol. The van der Waals surface area contributed by atoms with E-state index in [9.17, 15) is 8.42 Å². The van der Waals surface area contributed by atoms with Crippen molar-refractivity contribution in [1.82, 2.24) is 4.72 Å². The third kappa shape index (κ3) is 4.63. The summed E-state index contributed by atoms with van der Waals surface area (Å²) in [6.07, 6.45) is 0. The van der Waals surface area contributed by atoms with Gasteiger partial charge in [0.15, 0.2) is 0 Å². The van der Waals surface area contributed by atoms with Crippen LogP contribution in [0.3, 0.4) is 0 Å². The molecule has 0 fully saturated rings. The van der Waals surface area contributed by atoms with Crippen molar-refractivity contribution in [2.75, 3.05) is 6.61 Å². The molecular weight excluding hydrogens is 264 g/mol. The smallest absolute Gasteiger partial charge is 0.216 e. The van der Waals surface area contributed by atoms with E-state index < -0.39 is 10.0 Å². The Morgan fingerprint density at radius 2 is 2.00 bits per heavy atom. The number of nitriles is 1. The Morgan fingerprint density at radius 1 is 1.37 bits per heavy atom. The van der Waals surface area contributed by atoms with Crippen molar-refractivity contribution in [2.24, 2.45) is 5.92 Å². The maximum Gasteiger partial charge on any atom is 0.216 e. The molecule has 1 aromatic rings. The molecule has 0 aliphatic heterocycles. The zero-order valence-electron chi connectivity index (χ0n) is 11.0. The Kier molecular flexibility index (Phi) is 5.48. The lowest BCUT2D eigenvalue weighted by atomic mass is 10.1. The third-order valence-electron chi connectivity index (χ3n) is 2.99. The molecule has 0 saturated heterocycles. The van der Waals surface area contributed by atoms with Gasteiger partial charge in [0.05, 0.1) is 17.4 Å². The number of hydrogen-bond acceptors (Lipinski definition) is 4. The molecule has 1 rings (SSSR count). The van der Waals surface area contributed by atoms with Crippen LogP contribution in [0, 0.1) is 17.2 Å². The summed E-state index contributed by atoms with van der Waals surface area (Å²) >= 11 is 0. The fourth-order valence-electron chi connectivity index (χ4n) is 1.56. The van der Waals surface area contributed by atoms with E-state index in [0.29, 0.717) is 11.1 Å². The maximum absolute atomic E-state index is 12.0. The molecule has 19 heavy (non-hydrogen) atoms. The highest BCUT2D eigenvalue weighted by atomic mass is 32.2. The Hall–Kier alpha value is -1.42. The molecule has 0 amide bonds. The van der Waals surface area contributed by atoms with E-state index >= 15 is 0 Å². The van der Waals surface area contributed by atoms with Crippen molar-refractivity contribution in [1.29, 1.82) is 5.26 Å². The molecular formula is C13H18N2O3S. The van der Waals surface area contributed by atoms with Gasteiger partial charge in [-0.1, -0.05) is 25.1 Å². The molecule has 104 valence electrons. The number of rotatable bonds is 6. The summed E-state index contributed by atoms with van der Waals surface area (Å²) in [5.74, 6) is -0.403. The van der Waals surface area contributed by atoms with Crippen LogP contribution in [-0.2, 0) is 15.8 Å². The van der Waals surface area contributed by atoms with Gasteiger partial charge in [0.1, 0.15) is 0 Å². The molecule has 1 aromatic carbocycles. The van der Waals surface area contributed by atoms with Crippen LogP contribution < -0.4 is 4.72 Å². The van der Waals surface area contributed by atoms with Gasteiger partial charge in [0, 0.05) is 12.6 Å². The fraction of sp³-hybridized carbons (Fsp3) is 0.462. The first-order valence-electron chi connectivity index (χ1n) is 5.98. The minimum Gasteiger partial charge on any atom is -0.396 e. The largest absolute Gasteiger partial charge is 0.396 e. The molecule has 0 saturated carbocycles. The molecule has 2 unspecified atom stereocenters. The molecule has 2 atom stereocenters. The highest BCUT2D eigenvalue weighted by Gasteiger charge is 2.20. The predicted octanol–water partition coefficient (Wildman–Crippen LogP) is 0.995. The van der Waals surface area contributed by atoms with Gasteiger partial charge in [0.2, 0.25) is 10.0 Å². The Bertz CT molecular complexity index is 563. The van der Waals surface area contributed by atoms with Crippen LogP contribution >= 0.6 is 0 Å². The van der Waals surface area contributed by atoms with Crippen molar-refractivity contribution in [2.45, 2.75) is 25.6 Å². The van der Waals surface area contributed by atoms with Crippen LogP contribution in [0.15, 0.2) is 24.3 Å². The van der Waals surface area contributed by atoms with E-state index in [1.165, 1.54) is 0 Å². The van der Waals surface area contributed by atoms with Gasteiger partial charge in [-0.3, -0.25) is 0 Å². The average Bonchev–Trinajstić information content (AvgIpc) is 2.37. The molecule has 0 aliphatic carbocycles. The summed E-state index contributed by atoms with van der Waals surface area (Å²) in [4.78, 5) is 0. The number of nitrogens with zero attached hydrogens (tertiary/aromatic N) is 1. The Labute approximate surface area is 113 Å². The summed E-state index contributed by atoms with van der Waals surface area (Å²) in [5, 5.41) is 17.9. The molecule has 0 bridgehead atoms. The molecule has 0 aliphatic rings. The van der Waals surface area contributed by atoms with Crippen LogP contribution in [0.25, 0.3) is 0 Å². The molecule has 6 heteroatoms. The van der Waals surface area contributed by atoms with Crippen molar-refractivity contribution in [3.63, 3.8) is 0 Å². The summed E-state index contributed by atoms with van der Waals surface area (Å²) in [6, 6.07) is 8.22. The number of hydrogen-bond donors (Lipinski definition) is 2. The lowest BCUT2D eigenvalue weighted by molar-refractivity contribution is 0.216. The first-order chi connectivity index (χ1) is 8.89. The first kappa shape index (κ1) is 15.6. The third-order valence-corrected chi connectivity index (χ3v) is 4.41. The van der Waals surface area contributed by atoms with Crippen molar-refractivity contribution < 1.29 is 13.5 Å². The van der Waals surface area contributed by atoms with Crippen LogP contribution in [0.1, 0.15) is 25.0 Å². The van der Waals surface area contributed by atoms with Crippen molar-refractivity contribution in [3.8, 4) is 6.07 Å². The van der Waals surface area contributed by atoms with Gasteiger partial charge >= 0.3 is 0 Å². The number of aliphatic hydroxyl groups is 1. The zero-order chi connectivity index (χ0) is 14.5. The number of benzene rings is 1. The maximum atomic E-state index is 12.0. The Morgan fingerprint density at radius 3 is 2.58 bits per heavy atom. The summed E-state index contributed by atoms with van der Waals surface area (Å²) in [5.41, 5.74) is 0.831. The van der Waals surface area contributed by atoms with Crippen LogP contribution in [0.2, 0.25) is 0 Å². The van der Waals surface area contributed by atoms with Crippen molar-refractivity contribution >= 4 is 10.0 Å². The number of aliphatic hydroxyl groups excluding tert-OH is 1. The van der Waals surface area contributed by atoms with Gasteiger partial charge in [-0.25, -0.2) is 13.1 Å². The van der Waals surface area contributed by atoms with Gasteiger partial charge in [-0.05, 0) is 24.5 Å². The Balaban J connectivity index is 2.83. The minimum atomic E-state index is -3.53. The topological polar surface area (TPSA) is 90.2 Å². The standard InChI is InChI=1S/C13H18N2O3S/c1-10(8-16)11(2)15-19(17,18)9-13-6-4-3-5-12(13)7-14/h3-6,10-11,15-16H,8-9H2,1-2H3. The minimum absolute atomic E-state index is 0.0849. The van der Waals surface area contributed by atoms with E-state index in [2.05, 4.69) is 4.72 Å². The van der Waals surface area contributed by atoms with E-state index in [-0.39, 0.29) is 24.3 Å². The van der Waals surface area contributed by atoms with Crippen molar-refractivity contribution in [3.05, 3.63) is 35.4 Å². The molecule has 2 N–H and O–H groups in total. The van der Waals surface area contributed by atoms with E-state index in [1.807, 2.05) is 6.07 Å². The number of nitrogens with one attached hydrogen (secondary N) is 1. The van der Waals surface area contributed by atoms with Gasteiger partial charge in [-0.2, -0.15) is 5.26 Å². The second-order valence-corrected chi connectivity index (χ2v) is 6.35. The summed E-state index contributed by atoms with van der Waals surface area (Å²) in [7, 11) is -3.53.